The third-order valence-electron chi connectivity index (χ3n) is 3.27. The van der Waals surface area contributed by atoms with Gasteiger partial charge in [0.25, 0.3) is 0 Å². The number of rotatable bonds is 5. The van der Waals surface area contributed by atoms with Crippen molar-refractivity contribution in [3.8, 4) is 5.75 Å². The van der Waals surface area contributed by atoms with E-state index in [0.29, 0.717) is 11.4 Å². The lowest BCUT2D eigenvalue weighted by molar-refractivity contribution is 0.256. The van der Waals surface area contributed by atoms with Crippen LogP contribution in [-0.2, 0) is 10.0 Å². The average Bonchev–Trinajstić information content (AvgIpc) is 2.53. The highest BCUT2D eigenvalue weighted by molar-refractivity contribution is 8.07. The van der Waals surface area contributed by atoms with Gasteiger partial charge in [-0.2, -0.15) is 8.42 Å². The van der Waals surface area contributed by atoms with Gasteiger partial charge in [-0.25, -0.2) is 0 Å². The number of carbonyl (C=O) groups excluding carboxylic acids is 1. The highest BCUT2D eigenvalue weighted by Crippen LogP contribution is 2.31. The molecule has 134 valence electrons. The van der Waals surface area contributed by atoms with E-state index in [1.165, 1.54) is 24.5 Å². The molecule has 9 heteroatoms. The molecular weight excluding hydrogens is 344 g/mol. The number of carbonyl (C=O) groups is 1. The first-order valence-corrected chi connectivity index (χ1v) is 8.99. The Morgan fingerprint density at radius 3 is 2.64 bits per heavy atom. The van der Waals surface area contributed by atoms with Gasteiger partial charge in [0, 0.05) is 31.0 Å². The highest BCUT2D eigenvalue weighted by atomic mass is 32.2. The van der Waals surface area contributed by atoms with Crippen molar-refractivity contribution in [2.45, 2.75) is 19.9 Å². The molecule has 2 rings (SSSR count). The highest BCUT2D eigenvalue weighted by Gasteiger charge is 2.24. The van der Waals surface area contributed by atoms with Crippen LogP contribution in [0.25, 0.3) is 0 Å². The molecule has 0 aliphatic carbocycles. The Kier molecular flexibility index (Phi) is 5.48. The third kappa shape index (κ3) is 4.60. The van der Waals surface area contributed by atoms with Gasteiger partial charge >= 0.3 is 15.3 Å². The summed E-state index contributed by atoms with van der Waals surface area (Å²) >= 11 is 0. The number of benzene rings is 1. The molecule has 0 aliphatic heterocycles. The van der Waals surface area contributed by atoms with Crippen molar-refractivity contribution in [2.24, 2.45) is 0 Å². The lowest BCUT2D eigenvalue weighted by atomic mass is 10.2. The minimum atomic E-state index is -4.27. The predicted molar refractivity (Wildman–Crippen MR) is 96.6 cm³/mol. The molecule has 8 nitrogen and oxygen atoms in total. The van der Waals surface area contributed by atoms with Gasteiger partial charge in [-0.1, -0.05) is 6.07 Å². The van der Waals surface area contributed by atoms with Crippen LogP contribution in [0.5, 0.6) is 5.75 Å². The molecule has 2 aromatic rings. The number of pyridine rings is 1. The predicted octanol–water partition coefficient (Wildman–Crippen LogP) is 2.41. The summed E-state index contributed by atoms with van der Waals surface area (Å²) in [6.07, 6.45) is 2.81. The standard InChI is InChI=1S/C16H20N4O4S/c1-11(2)18-16(22)25(23,24)19-14-10-17-8-7-15(14)20(3)12-5-4-6-13(21)9-12/h4-11,19,21H,1-3H3,(H,18,22). The van der Waals surface area contributed by atoms with Crippen LogP contribution in [-0.4, -0.2) is 36.8 Å². The fraction of sp³-hybridized carbons (Fsp3) is 0.250. The summed E-state index contributed by atoms with van der Waals surface area (Å²) in [5, 5.41) is 10.8. The van der Waals surface area contributed by atoms with Crippen LogP contribution in [0, 0.1) is 0 Å². The monoisotopic (exact) mass is 364 g/mol. The molecule has 25 heavy (non-hydrogen) atoms. The SMILES string of the molecule is CC(C)NC(=O)S(=O)(=O)Nc1cnccc1N(C)c1cccc(O)c1. The number of amides is 1. The Morgan fingerprint density at radius 1 is 1.28 bits per heavy atom. The van der Waals surface area contributed by atoms with Gasteiger partial charge < -0.3 is 15.3 Å². The van der Waals surface area contributed by atoms with Crippen molar-refractivity contribution in [2.75, 3.05) is 16.7 Å². The molecule has 0 unspecified atom stereocenters. The van der Waals surface area contributed by atoms with E-state index in [1.807, 2.05) is 0 Å². The zero-order valence-corrected chi connectivity index (χ0v) is 14.9. The molecule has 0 bridgehead atoms. The summed E-state index contributed by atoms with van der Waals surface area (Å²) in [4.78, 5) is 17.4. The molecule has 1 aromatic carbocycles. The van der Waals surface area contributed by atoms with Gasteiger partial charge in [0.15, 0.2) is 0 Å². The normalized spacial score (nSPS) is 11.2. The van der Waals surface area contributed by atoms with Crippen molar-refractivity contribution in [3.05, 3.63) is 42.7 Å². The average molecular weight is 364 g/mol. The maximum Gasteiger partial charge on any atom is 0.357 e. The van der Waals surface area contributed by atoms with E-state index in [4.69, 9.17) is 0 Å². The topological polar surface area (TPSA) is 112 Å². The zero-order valence-electron chi connectivity index (χ0n) is 14.1. The first-order valence-electron chi connectivity index (χ1n) is 7.51. The summed E-state index contributed by atoms with van der Waals surface area (Å²) in [6, 6.07) is 7.77. The van der Waals surface area contributed by atoms with Gasteiger partial charge in [0.1, 0.15) is 5.75 Å². The minimum absolute atomic E-state index is 0.0804. The minimum Gasteiger partial charge on any atom is -0.508 e. The second kappa shape index (κ2) is 7.39. The Hall–Kier alpha value is -2.81. The lowest BCUT2D eigenvalue weighted by Gasteiger charge is -2.22. The van der Waals surface area contributed by atoms with E-state index in [2.05, 4.69) is 15.0 Å². The fourth-order valence-corrected chi connectivity index (χ4v) is 3.03. The smallest absolute Gasteiger partial charge is 0.357 e. The second-order valence-corrected chi connectivity index (χ2v) is 7.25. The second-order valence-electron chi connectivity index (χ2n) is 5.66. The Morgan fingerprint density at radius 2 is 2.00 bits per heavy atom. The van der Waals surface area contributed by atoms with Gasteiger partial charge in [0.2, 0.25) is 0 Å². The molecule has 1 aromatic heterocycles. The van der Waals surface area contributed by atoms with Crippen LogP contribution < -0.4 is 14.9 Å². The van der Waals surface area contributed by atoms with Gasteiger partial charge in [-0.3, -0.25) is 14.5 Å². The van der Waals surface area contributed by atoms with Crippen molar-refractivity contribution < 1.29 is 18.3 Å². The summed E-state index contributed by atoms with van der Waals surface area (Å²) < 4.78 is 26.6. The Bertz CT molecular complexity index is 868. The zero-order chi connectivity index (χ0) is 18.6. The molecular formula is C16H20N4O4S. The number of sulfonamides is 1. The lowest BCUT2D eigenvalue weighted by Crippen LogP contribution is -2.38. The Balaban J connectivity index is 2.34. The van der Waals surface area contributed by atoms with Gasteiger partial charge in [0.05, 0.1) is 17.6 Å². The van der Waals surface area contributed by atoms with E-state index in [9.17, 15) is 18.3 Å². The van der Waals surface area contributed by atoms with Crippen LogP contribution in [0.15, 0.2) is 42.7 Å². The van der Waals surface area contributed by atoms with E-state index in [1.54, 1.807) is 44.0 Å². The number of nitrogens with one attached hydrogen (secondary N) is 2. The first-order chi connectivity index (χ1) is 11.7. The summed E-state index contributed by atoms with van der Waals surface area (Å²) in [7, 11) is -2.57. The number of hydrogen-bond acceptors (Lipinski definition) is 6. The third-order valence-corrected chi connectivity index (χ3v) is 4.37. The molecule has 0 radical (unpaired) electrons. The van der Waals surface area contributed by atoms with Crippen molar-refractivity contribution in [1.82, 2.24) is 10.3 Å². The molecule has 0 aliphatic rings. The van der Waals surface area contributed by atoms with Crippen LogP contribution in [0.4, 0.5) is 21.9 Å². The molecule has 0 saturated carbocycles. The van der Waals surface area contributed by atoms with Crippen molar-refractivity contribution in [1.29, 1.82) is 0 Å². The van der Waals surface area contributed by atoms with Gasteiger partial charge in [-0.15, -0.1) is 0 Å². The van der Waals surface area contributed by atoms with E-state index < -0.39 is 15.3 Å². The Labute approximate surface area is 146 Å². The van der Waals surface area contributed by atoms with Crippen LogP contribution in [0.2, 0.25) is 0 Å². The maximum absolute atomic E-state index is 12.2. The van der Waals surface area contributed by atoms with Crippen LogP contribution >= 0.6 is 0 Å². The van der Waals surface area contributed by atoms with E-state index in [-0.39, 0.29) is 17.5 Å². The summed E-state index contributed by atoms with van der Waals surface area (Å²) in [6.45, 7) is 3.33. The molecule has 0 spiro atoms. The molecule has 0 saturated heterocycles. The largest absolute Gasteiger partial charge is 0.508 e. The van der Waals surface area contributed by atoms with Crippen molar-refractivity contribution in [3.63, 3.8) is 0 Å². The van der Waals surface area contributed by atoms with Crippen LogP contribution in [0.3, 0.4) is 0 Å². The summed E-state index contributed by atoms with van der Waals surface area (Å²) in [5.41, 5.74) is 1.26. The number of phenolic OH excluding ortho intramolecular Hbond substituents is 1. The number of phenols is 1. The quantitative estimate of drug-likeness (QED) is 0.751. The first kappa shape index (κ1) is 18.5. The molecule has 1 heterocycles. The molecule has 1 amide bonds. The molecule has 3 N–H and O–H groups in total. The number of aromatic hydroxyl groups is 1. The number of aromatic nitrogens is 1. The fourth-order valence-electron chi connectivity index (χ4n) is 2.10. The molecule has 0 atom stereocenters. The maximum atomic E-state index is 12.2. The van der Waals surface area contributed by atoms with Crippen molar-refractivity contribution >= 4 is 32.3 Å². The van der Waals surface area contributed by atoms with E-state index >= 15 is 0 Å². The van der Waals surface area contributed by atoms with Gasteiger partial charge in [-0.05, 0) is 32.0 Å². The molecule has 0 fully saturated rings. The number of anilines is 3. The number of hydrogen-bond donors (Lipinski definition) is 3. The number of nitrogens with zero attached hydrogens (tertiary/aromatic N) is 2. The summed E-state index contributed by atoms with van der Waals surface area (Å²) in [5.74, 6) is 0.0804. The van der Waals surface area contributed by atoms with E-state index in [0.717, 1.165) is 0 Å². The van der Waals surface area contributed by atoms with Crippen LogP contribution in [0.1, 0.15) is 13.8 Å².